The second kappa shape index (κ2) is 12.2. The number of anilines is 1. The monoisotopic (exact) mass is 582 g/mol. The molecule has 2 aromatic carbocycles. The van der Waals surface area contributed by atoms with Gasteiger partial charge in [-0.2, -0.15) is 12.7 Å². The fourth-order valence-electron chi connectivity index (χ4n) is 4.13. The zero-order chi connectivity index (χ0) is 26.5. The first-order valence-electron chi connectivity index (χ1n) is 11.8. The fourth-order valence-corrected chi connectivity index (χ4v) is 5.63. The molecule has 0 bridgehead atoms. The van der Waals surface area contributed by atoms with Crippen LogP contribution in [-0.2, 0) is 26.3 Å². The quantitative estimate of drug-likeness (QED) is 0.462. The molecule has 0 unspecified atom stereocenters. The summed E-state index contributed by atoms with van der Waals surface area (Å²) < 4.78 is 42.5. The highest BCUT2D eigenvalue weighted by atomic mass is 79.9. The molecule has 0 radical (unpaired) electrons. The number of hydrogen-bond acceptors (Lipinski definition) is 4. The third kappa shape index (κ3) is 7.04. The summed E-state index contributed by atoms with van der Waals surface area (Å²) in [5, 5.41) is 3.03. The second-order valence-electron chi connectivity index (χ2n) is 9.09. The van der Waals surface area contributed by atoms with Crippen LogP contribution in [0.5, 0.6) is 0 Å². The number of rotatable bonds is 10. The molecule has 1 N–H and O–H groups in total. The first-order valence-corrected chi connectivity index (χ1v) is 14.0. The lowest BCUT2D eigenvalue weighted by molar-refractivity contribution is -0.139. The van der Waals surface area contributed by atoms with Gasteiger partial charge in [0.05, 0.1) is 5.69 Å². The SMILES string of the molecule is C[C@@H](C(=O)NC1CCCC1)N(Cc1cccc(Br)c1)C(=O)CN(c1ccc(F)cc1)S(=O)(=O)N(C)C. The molecule has 0 aliphatic heterocycles. The number of benzene rings is 2. The van der Waals surface area contributed by atoms with E-state index >= 15 is 0 Å². The Bertz CT molecular complexity index is 1170. The van der Waals surface area contributed by atoms with Crippen LogP contribution >= 0.6 is 15.9 Å². The van der Waals surface area contributed by atoms with Crippen molar-refractivity contribution in [2.24, 2.45) is 0 Å². The van der Waals surface area contributed by atoms with Crippen molar-refractivity contribution >= 4 is 43.6 Å². The number of amides is 2. The Balaban J connectivity index is 1.92. The summed E-state index contributed by atoms with van der Waals surface area (Å²) in [7, 11) is -1.38. The Morgan fingerprint density at radius 1 is 1.11 bits per heavy atom. The molecule has 0 heterocycles. The van der Waals surface area contributed by atoms with Crippen molar-refractivity contribution in [1.82, 2.24) is 14.5 Å². The lowest BCUT2D eigenvalue weighted by Crippen LogP contribution is -2.53. The zero-order valence-electron chi connectivity index (χ0n) is 20.7. The summed E-state index contributed by atoms with van der Waals surface area (Å²) in [6.07, 6.45) is 3.90. The second-order valence-corrected chi connectivity index (χ2v) is 12.1. The molecule has 196 valence electrons. The molecular weight excluding hydrogens is 551 g/mol. The van der Waals surface area contributed by atoms with Gasteiger partial charge in [-0.3, -0.25) is 9.59 Å². The van der Waals surface area contributed by atoms with Crippen LogP contribution in [-0.4, -0.2) is 62.2 Å². The van der Waals surface area contributed by atoms with E-state index in [2.05, 4.69) is 21.2 Å². The number of halogens is 2. The van der Waals surface area contributed by atoms with Gasteiger partial charge in [0, 0.05) is 31.2 Å². The highest BCUT2D eigenvalue weighted by molar-refractivity contribution is 9.10. The van der Waals surface area contributed by atoms with Crippen molar-refractivity contribution in [3.8, 4) is 0 Å². The zero-order valence-corrected chi connectivity index (χ0v) is 23.1. The molecule has 1 saturated carbocycles. The van der Waals surface area contributed by atoms with Gasteiger partial charge in [0.15, 0.2) is 0 Å². The molecule has 1 aliphatic rings. The van der Waals surface area contributed by atoms with Crippen LogP contribution in [0.1, 0.15) is 38.2 Å². The maximum Gasteiger partial charge on any atom is 0.304 e. The standard InChI is InChI=1S/C25H32BrFN4O4S/c1-18(25(33)28-22-9-4-5-10-22)30(16-19-7-6-8-20(26)15-19)24(32)17-31(36(34,35)29(2)3)23-13-11-21(27)12-14-23/h6-8,11-15,18,22H,4-5,9-10,16-17H2,1-3H3,(H,28,33)/t18-/m0/s1. The average Bonchev–Trinajstić information content (AvgIpc) is 3.34. The van der Waals surface area contributed by atoms with Crippen LogP contribution in [0, 0.1) is 5.82 Å². The summed E-state index contributed by atoms with van der Waals surface area (Å²) >= 11 is 3.43. The van der Waals surface area contributed by atoms with Gasteiger partial charge < -0.3 is 10.2 Å². The molecule has 11 heteroatoms. The largest absolute Gasteiger partial charge is 0.352 e. The van der Waals surface area contributed by atoms with Crippen LogP contribution in [0.25, 0.3) is 0 Å². The maximum atomic E-state index is 13.7. The van der Waals surface area contributed by atoms with Crippen LogP contribution in [0.3, 0.4) is 0 Å². The average molecular weight is 584 g/mol. The topological polar surface area (TPSA) is 90.0 Å². The maximum absolute atomic E-state index is 13.7. The molecule has 1 aliphatic carbocycles. The van der Waals surface area contributed by atoms with E-state index in [0.717, 1.165) is 56.5 Å². The number of carbonyl (C=O) groups is 2. The van der Waals surface area contributed by atoms with Crippen LogP contribution in [0.4, 0.5) is 10.1 Å². The predicted octanol–water partition coefficient (Wildman–Crippen LogP) is 3.68. The Morgan fingerprint density at radius 3 is 2.33 bits per heavy atom. The molecule has 1 atom stereocenters. The van der Waals surface area contributed by atoms with E-state index < -0.39 is 34.5 Å². The first-order chi connectivity index (χ1) is 17.0. The van der Waals surface area contributed by atoms with Gasteiger partial charge in [0.25, 0.3) is 0 Å². The lowest BCUT2D eigenvalue weighted by atomic mass is 10.1. The van der Waals surface area contributed by atoms with E-state index in [1.54, 1.807) is 6.92 Å². The summed E-state index contributed by atoms with van der Waals surface area (Å²) in [5.41, 5.74) is 0.922. The molecule has 36 heavy (non-hydrogen) atoms. The minimum atomic E-state index is -4.09. The summed E-state index contributed by atoms with van der Waals surface area (Å²) in [5.74, 6) is -1.37. The molecular formula is C25H32BrFN4O4S. The van der Waals surface area contributed by atoms with E-state index in [9.17, 15) is 22.4 Å². The summed E-state index contributed by atoms with van der Waals surface area (Å²) in [4.78, 5) is 28.2. The normalized spacial score (nSPS) is 15.1. The number of nitrogens with zero attached hydrogens (tertiary/aromatic N) is 3. The number of hydrogen-bond donors (Lipinski definition) is 1. The van der Waals surface area contributed by atoms with Crippen LogP contribution in [0.15, 0.2) is 53.0 Å². The molecule has 0 saturated heterocycles. The van der Waals surface area contributed by atoms with Gasteiger partial charge in [0.1, 0.15) is 18.4 Å². The third-order valence-corrected chi connectivity index (χ3v) is 8.56. The predicted molar refractivity (Wildman–Crippen MR) is 141 cm³/mol. The molecule has 1 fully saturated rings. The van der Waals surface area contributed by atoms with E-state index in [4.69, 9.17) is 0 Å². The van der Waals surface area contributed by atoms with Gasteiger partial charge in [-0.25, -0.2) is 8.70 Å². The molecule has 0 aromatic heterocycles. The van der Waals surface area contributed by atoms with E-state index in [-0.39, 0.29) is 24.2 Å². The van der Waals surface area contributed by atoms with Crippen molar-refractivity contribution in [2.75, 3.05) is 24.9 Å². The van der Waals surface area contributed by atoms with E-state index in [0.29, 0.717) is 0 Å². The summed E-state index contributed by atoms with van der Waals surface area (Å²) in [6.45, 7) is 1.20. The van der Waals surface area contributed by atoms with Gasteiger partial charge >= 0.3 is 10.2 Å². The minimum absolute atomic E-state index is 0.0765. The Labute approximate surface area is 220 Å². The molecule has 2 amide bonds. The van der Waals surface area contributed by atoms with Gasteiger partial charge in [-0.15, -0.1) is 0 Å². The Hall–Kier alpha value is -2.50. The Morgan fingerprint density at radius 2 is 1.75 bits per heavy atom. The summed E-state index contributed by atoms with van der Waals surface area (Å²) in [6, 6.07) is 11.5. The molecule has 2 aromatic rings. The fraction of sp³-hybridized carbons (Fsp3) is 0.440. The number of nitrogens with one attached hydrogen (secondary N) is 1. The first kappa shape index (κ1) is 28.1. The van der Waals surface area contributed by atoms with Crippen molar-refractivity contribution < 1.29 is 22.4 Å². The molecule has 8 nitrogen and oxygen atoms in total. The molecule has 3 rings (SSSR count). The van der Waals surface area contributed by atoms with Gasteiger partial charge in [0.2, 0.25) is 11.8 Å². The van der Waals surface area contributed by atoms with Gasteiger partial charge in [-0.05, 0) is 61.7 Å². The van der Waals surface area contributed by atoms with Crippen molar-refractivity contribution in [3.63, 3.8) is 0 Å². The molecule has 0 spiro atoms. The van der Waals surface area contributed by atoms with Crippen molar-refractivity contribution in [1.29, 1.82) is 0 Å². The smallest absolute Gasteiger partial charge is 0.304 e. The Kier molecular flexibility index (Phi) is 9.48. The third-order valence-electron chi connectivity index (χ3n) is 6.24. The number of carbonyl (C=O) groups excluding carboxylic acids is 2. The van der Waals surface area contributed by atoms with Crippen LogP contribution < -0.4 is 9.62 Å². The lowest BCUT2D eigenvalue weighted by Gasteiger charge is -2.33. The van der Waals surface area contributed by atoms with Crippen LogP contribution in [0.2, 0.25) is 0 Å². The van der Waals surface area contributed by atoms with Gasteiger partial charge in [-0.1, -0.05) is 40.9 Å². The van der Waals surface area contributed by atoms with Crippen molar-refractivity contribution in [2.45, 2.75) is 51.2 Å². The van der Waals surface area contributed by atoms with E-state index in [1.165, 1.54) is 31.1 Å². The highest BCUT2D eigenvalue weighted by Crippen LogP contribution is 2.22. The van der Waals surface area contributed by atoms with E-state index in [1.807, 2.05) is 24.3 Å². The van der Waals surface area contributed by atoms with Crippen molar-refractivity contribution in [3.05, 3.63) is 64.4 Å². The highest BCUT2D eigenvalue weighted by Gasteiger charge is 2.33. The minimum Gasteiger partial charge on any atom is -0.352 e.